The molecule has 24 heavy (non-hydrogen) atoms. The van der Waals surface area contributed by atoms with E-state index in [0.717, 1.165) is 23.2 Å². The molecular weight excluding hydrogens is 300 g/mol. The highest BCUT2D eigenvalue weighted by atomic mass is 16.3. The molecule has 3 aromatic rings. The van der Waals surface area contributed by atoms with Crippen LogP contribution < -0.4 is 5.32 Å². The zero-order valence-electron chi connectivity index (χ0n) is 14.0. The lowest BCUT2D eigenvalue weighted by molar-refractivity contribution is 0.188. The molecule has 4 heteroatoms. The lowest BCUT2D eigenvalue weighted by Crippen LogP contribution is -2.39. The minimum Gasteiger partial charge on any atom is -0.459 e. The van der Waals surface area contributed by atoms with Crippen molar-refractivity contribution in [1.29, 1.82) is 0 Å². The Labute approximate surface area is 142 Å². The Hall–Kier alpha value is -2.75. The number of hydrogen-bond donors (Lipinski definition) is 1. The van der Waals surface area contributed by atoms with E-state index in [1.54, 1.807) is 11.9 Å². The molecule has 1 unspecified atom stereocenters. The van der Waals surface area contributed by atoms with Crippen molar-refractivity contribution in [2.24, 2.45) is 0 Å². The highest BCUT2D eigenvalue weighted by Gasteiger charge is 2.20. The van der Waals surface area contributed by atoms with E-state index in [1.807, 2.05) is 55.5 Å². The smallest absolute Gasteiger partial charge is 0.317 e. The lowest BCUT2D eigenvalue weighted by Gasteiger charge is -2.23. The van der Waals surface area contributed by atoms with Gasteiger partial charge in [-0.25, -0.2) is 4.79 Å². The Morgan fingerprint density at radius 1 is 1.12 bits per heavy atom. The molecule has 0 bridgehead atoms. The van der Waals surface area contributed by atoms with Crippen LogP contribution in [-0.4, -0.2) is 24.5 Å². The van der Waals surface area contributed by atoms with E-state index < -0.39 is 0 Å². The van der Waals surface area contributed by atoms with Crippen LogP contribution in [0.25, 0.3) is 11.0 Å². The first-order valence-electron chi connectivity index (χ1n) is 8.18. The van der Waals surface area contributed by atoms with Gasteiger partial charge in [0.25, 0.3) is 0 Å². The van der Waals surface area contributed by atoms with Gasteiger partial charge in [-0.3, -0.25) is 0 Å². The second-order valence-corrected chi connectivity index (χ2v) is 5.94. The number of fused-ring (bicyclic) bond motifs is 1. The molecule has 124 valence electrons. The predicted molar refractivity (Wildman–Crippen MR) is 95.9 cm³/mol. The van der Waals surface area contributed by atoms with E-state index >= 15 is 0 Å². The van der Waals surface area contributed by atoms with Gasteiger partial charge in [0, 0.05) is 19.0 Å². The van der Waals surface area contributed by atoms with E-state index in [-0.39, 0.29) is 12.1 Å². The molecule has 0 aliphatic carbocycles. The summed E-state index contributed by atoms with van der Waals surface area (Å²) in [5.41, 5.74) is 2.06. The van der Waals surface area contributed by atoms with Crippen molar-refractivity contribution in [2.45, 2.75) is 19.4 Å². The first kappa shape index (κ1) is 16.1. The summed E-state index contributed by atoms with van der Waals surface area (Å²) in [5.74, 6) is 0.789. The van der Waals surface area contributed by atoms with Gasteiger partial charge in [-0.15, -0.1) is 0 Å². The second kappa shape index (κ2) is 7.21. The van der Waals surface area contributed by atoms with Crippen molar-refractivity contribution in [3.8, 4) is 0 Å². The summed E-state index contributed by atoms with van der Waals surface area (Å²) in [6.45, 7) is 2.58. The number of rotatable bonds is 5. The summed E-state index contributed by atoms with van der Waals surface area (Å²) < 4.78 is 5.85. The first-order valence-corrected chi connectivity index (χ1v) is 8.18. The molecule has 1 heterocycles. The van der Waals surface area contributed by atoms with Crippen LogP contribution in [0.5, 0.6) is 0 Å². The number of hydrogen-bond acceptors (Lipinski definition) is 2. The van der Waals surface area contributed by atoms with Gasteiger partial charge in [-0.1, -0.05) is 48.5 Å². The zero-order valence-corrected chi connectivity index (χ0v) is 14.0. The Balaban J connectivity index is 1.58. The van der Waals surface area contributed by atoms with Gasteiger partial charge >= 0.3 is 6.03 Å². The number of nitrogens with zero attached hydrogens (tertiary/aromatic N) is 1. The largest absolute Gasteiger partial charge is 0.459 e. The molecule has 0 saturated heterocycles. The van der Waals surface area contributed by atoms with Crippen molar-refractivity contribution >= 4 is 17.0 Å². The molecule has 1 atom stereocenters. The standard InChI is InChI=1S/C20H22N2O2/c1-15(19-14-17-10-6-7-11-18(17)24-19)22(2)20(23)21-13-12-16-8-4-3-5-9-16/h3-11,14-15H,12-13H2,1-2H3,(H,21,23). The highest BCUT2D eigenvalue weighted by Crippen LogP contribution is 2.26. The summed E-state index contributed by atoms with van der Waals surface area (Å²) in [5, 5.41) is 4.01. The van der Waals surface area contributed by atoms with Gasteiger partial charge in [0.1, 0.15) is 11.3 Å². The van der Waals surface area contributed by atoms with Crippen LogP contribution in [0.4, 0.5) is 4.79 Å². The van der Waals surface area contributed by atoms with Gasteiger partial charge in [-0.05, 0) is 31.0 Å². The quantitative estimate of drug-likeness (QED) is 0.758. The SMILES string of the molecule is CC(c1cc2ccccc2o1)N(C)C(=O)NCCc1ccccc1. The topological polar surface area (TPSA) is 45.5 Å². The first-order chi connectivity index (χ1) is 11.6. The van der Waals surface area contributed by atoms with Gasteiger partial charge < -0.3 is 14.6 Å². The summed E-state index contributed by atoms with van der Waals surface area (Å²) in [7, 11) is 1.79. The monoisotopic (exact) mass is 322 g/mol. The highest BCUT2D eigenvalue weighted by molar-refractivity contribution is 5.78. The van der Waals surface area contributed by atoms with Crippen molar-refractivity contribution in [3.05, 3.63) is 72.0 Å². The summed E-state index contributed by atoms with van der Waals surface area (Å²) in [6.07, 6.45) is 0.819. The van der Waals surface area contributed by atoms with Crippen molar-refractivity contribution in [1.82, 2.24) is 10.2 Å². The molecular formula is C20H22N2O2. The maximum absolute atomic E-state index is 12.3. The number of para-hydroxylation sites is 1. The van der Waals surface area contributed by atoms with E-state index in [9.17, 15) is 4.79 Å². The molecule has 2 aromatic carbocycles. The van der Waals surface area contributed by atoms with Crippen LogP contribution in [0, 0.1) is 0 Å². The van der Waals surface area contributed by atoms with Crippen LogP contribution in [-0.2, 0) is 6.42 Å². The molecule has 0 fully saturated rings. The molecule has 0 aliphatic heterocycles. The van der Waals surface area contributed by atoms with E-state index in [1.165, 1.54) is 5.56 Å². The number of nitrogens with one attached hydrogen (secondary N) is 1. The lowest BCUT2D eigenvalue weighted by atomic mass is 10.1. The minimum absolute atomic E-state index is 0.0983. The number of furan rings is 1. The van der Waals surface area contributed by atoms with E-state index in [2.05, 4.69) is 17.4 Å². The Kier molecular flexibility index (Phi) is 4.85. The average molecular weight is 322 g/mol. The van der Waals surface area contributed by atoms with Gasteiger partial charge in [0.15, 0.2) is 0 Å². The fraction of sp³-hybridized carbons (Fsp3) is 0.250. The fourth-order valence-electron chi connectivity index (χ4n) is 2.66. The van der Waals surface area contributed by atoms with E-state index in [4.69, 9.17) is 4.42 Å². The van der Waals surface area contributed by atoms with Gasteiger partial charge in [0.05, 0.1) is 6.04 Å². The maximum Gasteiger partial charge on any atom is 0.317 e. The fourth-order valence-corrected chi connectivity index (χ4v) is 2.66. The van der Waals surface area contributed by atoms with Crippen LogP contribution in [0.2, 0.25) is 0 Å². The molecule has 1 N–H and O–H groups in total. The summed E-state index contributed by atoms with van der Waals surface area (Å²) in [6, 6.07) is 19.8. The Morgan fingerprint density at radius 2 is 1.83 bits per heavy atom. The van der Waals surface area contributed by atoms with Crippen molar-refractivity contribution in [2.75, 3.05) is 13.6 Å². The number of urea groups is 1. The number of carbonyl (C=O) groups excluding carboxylic acids is 1. The van der Waals surface area contributed by atoms with Crippen molar-refractivity contribution in [3.63, 3.8) is 0 Å². The third kappa shape index (κ3) is 3.59. The molecule has 0 radical (unpaired) electrons. The number of benzene rings is 2. The molecule has 0 saturated carbocycles. The van der Waals surface area contributed by atoms with Crippen LogP contribution in [0.15, 0.2) is 65.1 Å². The van der Waals surface area contributed by atoms with Gasteiger partial charge in [0.2, 0.25) is 0 Å². The van der Waals surface area contributed by atoms with Crippen molar-refractivity contribution < 1.29 is 9.21 Å². The molecule has 0 spiro atoms. The van der Waals surface area contributed by atoms with Crippen LogP contribution in [0.3, 0.4) is 0 Å². The molecule has 4 nitrogen and oxygen atoms in total. The maximum atomic E-state index is 12.3. The van der Waals surface area contributed by atoms with Crippen LogP contribution >= 0.6 is 0 Å². The van der Waals surface area contributed by atoms with E-state index in [0.29, 0.717) is 6.54 Å². The Morgan fingerprint density at radius 3 is 2.58 bits per heavy atom. The Bertz CT molecular complexity index is 778. The number of carbonyl (C=O) groups is 1. The average Bonchev–Trinajstić information content (AvgIpc) is 3.05. The van der Waals surface area contributed by atoms with Gasteiger partial charge in [-0.2, -0.15) is 0 Å². The molecule has 3 rings (SSSR count). The van der Waals surface area contributed by atoms with Crippen LogP contribution in [0.1, 0.15) is 24.3 Å². The third-order valence-electron chi connectivity index (χ3n) is 4.29. The predicted octanol–water partition coefficient (Wildman–Crippen LogP) is 4.38. The molecule has 2 amide bonds. The normalized spacial score (nSPS) is 12.1. The zero-order chi connectivity index (χ0) is 16.9. The molecule has 0 aliphatic rings. The second-order valence-electron chi connectivity index (χ2n) is 5.94. The molecule has 1 aromatic heterocycles. The minimum atomic E-state index is -0.130. The summed E-state index contributed by atoms with van der Waals surface area (Å²) in [4.78, 5) is 14.0. The third-order valence-corrected chi connectivity index (χ3v) is 4.29. The summed E-state index contributed by atoms with van der Waals surface area (Å²) >= 11 is 0. The number of amides is 2.